The second-order valence-electron chi connectivity index (χ2n) is 9.92. The van der Waals surface area contributed by atoms with Crippen LogP contribution in [0, 0.1) is 0 Å². The molecule has 0 saturated heterocycles. The first-order valence-corrected chi connectivity index (χ1v) is 16.3. The monoisotopic (exact) mass is 664 g/mol. The molecule has 0 aliphatic carbocycles. The third kappa shape index (κ3) is 5.63. The molecule has 0 amide bonds. The van der Waals surface area contributed by atoms with Gasteiger partial charge >= 0.3 is 5.97 Å². The van der Waals surface area contributed by atoms with Gasteiger partial charge in [-0.05, 0) is 60.5 Å². The van der Waals surface area contributed by atoms with Gasteiger partial charge in [0.15, 0.2) is 23.0 Å². The van der Waals surface area contributed by atoms with Crippen molar-refractivity contribution in [1.82, 2.24) is 4.57 Å². The lowest BCUT2D eigenvalue weighted by Gasteiger charge is -2.28. The van der Waals surface area contributed by atoms with Crippen molar-refractivity contribution in [3.8, 4) is 23.0 Å². The third-order valence-electron chi connectivity index (χ3n) is 7.38. The number of allylic oxidation sites excluding steroid dienone is 1. The van der Waals surface area contributed by atoms with E-state index in [2.05, 4.69) is 0 Å². The van der Waals surface area contributed by atoms with Crippen molar-refractivity contribution in [2.75, 3.05) is 35.0 Å². The summed E-state index contributed by atoms with van der Waals surface area (Å²) >= 11 is 0.991. The second-order valence-corrected chi connectivity index (χ2v) is 12.9. The van der Waals surface area contributed by atoms with Crippen LogP contribution < -0.4 is 39.4 Å². The fourth-order valence-corrected chi connectivity index (χ4v) is 8.14. The molecule has 3 aromatic carbocycles. The quantitative estimate of drug-likeness (QED) is 0.251. The Balaban J connectivity index is 1.91. The van der Waals surface area contributed by atoms with Gasteiger partial charge in [0, 0.05) is 0 Å². The number of sulfone groups is 1. The Bertz CT molecular complexity index is 2130. The van der Waals surface area contributed by atoms with Crippen LogP contribution in [-0.4, -0.2) is 54.0 Å². The Morgan fingerprint density at radius 3 is 2.11 bits per heavy atom. The largest absolute Gasteiger partial charge is 0.493 e. The van der Waals surface area contributed by atoms with Crippen LogP contribution in [0.15, 0.2) is 81.3 Å². The molecule has 4 aromatic rings. The van der Waals surface area contributed by atoms with Crippen LogP contribution in [0.25, 0.3) is 17.5 Å². The minimum absolute atomic E-state index is 0.00118. The molecule has 1 atom stereocenters. The van der Waals surface area contributed by atoms with Gasteiger partial charge in [-0.3, -0.25) is 9.36 Å². The van der Waals surface area contributed by atoms with E-state index in [9.17, 15) is 18.0 Å². The highest BCUT2D eigenvalue weighted by Gasteiger charge is 2.42. The summed E-state index contributed by atoms with van der Waals surface area (Å²) in [5.74, 6) is -0.765. The van der Waals surface area contributed by atoms with E-state index in [4.69, 9.17) is 29.4 Å². The average molecular weight is 665 g/mol. The van der Waals surface area contributed by atoms with Gasteiger partial charge in [0.2, 0.25) is 9.84 Å². The predicted octanol–water partition coefficient (Wildman–Crippen LogP) is 2.84. The molecule has 0 radical (unpaired) electrons. The van der Waals surface area contributed by atoms with Crippen LogP contribution in [0.1, 0.15) is 24.0 Å². The number of esters is 1. The minimum atomic E-state index is -4.39. The number of aromatic nitrogens is 1. The van der Waals surface area contributed by atoms with E-state index in [-0.39, 0.29) is 37.0 Å². The topological polar surface area (TPSA) is 145 Å². The summed E-state index contributed by atoms with van der Waals surface area (Å²) in [5.41, 5.74) is 6.98. The van der Waals surface area contributed by atoms with E-state index in [0.29, 0.717) is 34.1 Å². The fraction of sp³-hybridized carbons (Fsp3) is 0.212. The van der Waals surface area contributed by atoms with Crippen LogP contribution in [0.3, 0.4) is 0 Å². The Hall–Kier alpha value is -5.01. The number of benzene rings is 3. The van der Waals surface area contributed by atoms with Crippen molar-refractivity contribution in [3.05, 3.63) is 102 Å². The molecule has 2 N–H and O–H groups in total. The summed E-state index contributed by atoms with van der Waals surface area (Å²) in [6.45, 7) is 1.64. The summed E-state index contributed by atoms with van der Waals surface area (Å²) < 4.78 is 57.4. The van der Waals surface area contributed by atoms with Gasteiger partial charge in [0.25, 0.3) is 5.56 Å². The van der Waals surface area contributed by atoms with Gasteiger partial charge < -0.3 is 29.4 Å². The summed E-state index contributed by atoms with van der Waals surface area (Å²) in [7, 11) is 1.53. The molecule has 1 aliphatic rings. The van der Waals surface area contributed by atoms with Gasteiger partial charge in [-0.25, -0.2) is 13.2 Å². The van der Waals surface area contributed by atoms with Crippen molar-refractivity contribution in [2.24, 2.45) is 5.73 Å². The zero-order chi connectivity index (χ0) is 33.2. The molecular weight excluding hydrogens is 633 g/mol. The van der Waals surface area contributed by atoms with Crippen LogP contribution >= 0.6 is 11.3 Å². The number of hydrogen-bond donors (Lipinski definition) is 1. The van der Waals surface area contributed by atoms with Crippen molar-refractivity contribution in [2.45, 2.75) is 17.7 Å². The van der Waals surface area contributed by atoms with Crippen LogP contribution in [0.2, 0.25) is 0 Å². The van der Waals surface area contributed by atoms with Gasteiger partial charge in [0.05, 0.1) is 56.0 Å². The average Bonchev–Trinajstić information content (AvgIpc) is 3.39. The maximum atomic E-state index is 14.4. The zero-order valence-corrected chi connectivity index (χ0v) is 27.4. The highest BCUT2D eigenvalue weighted by Crippen LogP contribution is 2.44. The van der Waals surface area contributed by atoms with Crippen LogP contribution in [-0.2, 0) is 19.4 Å². The summed E-state index contributed by atoms with van der Waals surface area (Å²) in [6.07, 6.45) is 1.60. The lowest BCUT2D eigenvalue weighted by atomic mass is 9.89. The molecule has 0 spiro atoms. The maximum Gasteiger partial charge on any atom is 0.338 e. The molecule has 1 unspecified atom stereocenters. The number of rotatable bonds is 10. The molecule has 13 heteroatoms. The van der Waals surface area contributed by atoms with Gasteiger partial charge in [-0.15, -0.1) is 11.3 Å². The van der Waals surface area contributed by atoms with E-state index in [1.165, 1.54) is 40.6 Å². The Kier molecular flexibility index (Phi) is 9.26. The lowest BCUT2D eigenvalue weighted by molar-refractivity contribution is -0.136. The molecule has 1 aromatic heterocycles. The third-order valence-corrected chi connectivity index (χ3v) is 10.4. The lowest BCUT2D eigenvalue weighted by Crippen LogP contribution is -2.41. The minimum Gasteiger partial charge on any atom is -0.493 e. The Labute approximate surface area is 269 Å². The van der Waals surface area contributed by atoms with E-state index in [1.807, 2.05) is 0 Å². The molecule has 2 heterocycles. The Morgan fingerprint density at radius 1 is 0.891 bits per heavy atom. The predicted molar refractivity (Wildman–Crippen MR) is 174 cm³/mol. The molecule has 5 rings (SSSR count). The molecular formula is C33H32N2O9S2. The number of thiazole rings is 1. The molecule has 0 fully saturated rings. The summed E-state index contributed by atoms with van der Waals surface area (Å²) in [5, 5.41) is 0. The number of nitrogens with zero attached hydrogens (tertiary/aromatic N) is 1. The molecule has 240 valence electrons. The highest BCUT2D eigenvalue weighted by atomic mass is 32.2. The smallest absolute Gasteiger partial charge is 0.338 e. The number of ether oxygens (including phenoxy) is 5. The Morgan fingerprint density at radius 2 is 1.50 bits per heavy atom. The standard InChI is InChI=1S/C33H32N2O9S2/c1-6-44-33(37)28-27(20-13-15-23(41-3)25(18-20)43-5)29(46(38,39)21-10-8-7-9-11-21)30(34)35-31(36)26(45-32(28)35)17-19-12-14-22(40-2)24(16-19)42-4/h7-18,27H,6,34H2,1-5H3/b26-17-. The van der Waals surface area contributed by atoms with Crippen LogP contribution in [0.4, 0.5) is 0 Å². The zero-order valence-electron chi connectivity index (χ0n) is 25.7. The van der Waals surface area contributed by atoms with E-state index in [0.717, 1.165) is 15.9 Å². The van der Waals surface area contributed by atoms with Crippen LogP contribution in [0.5, 0.6) is 23.0 Å². The van der Waals surface area contributed by atoms with E-state index >= 15 is 0 Å². The van der Waals surface area contributed by atoms with Crippen molar-refractivity contribution >= 4 is 44.6 Å². The number of carbonyl (C=O) groups is 1. The number of nitrogens with two attached hydrogens (primary N) is 1. The molecule has 1 aliphatic heterocycles. The first kappa shape index (κ1) is 32.4. The highest BCUT2D eigenvalue weighted by molar-refractivity contribution is 7.95. The summed E-state index contributed by atoms with van der Waals surface area (Å²) in [4.78, 5) is 27.5. The fourth-order valence-electron chi connectivity index (χ4n) is 5.27. The molecule has 0 saturated carbocycles. The first-order chi connectivity index (χ1) is 22.1. The van der Waals surface area contributed by atoms with Crippen molar-refractivity contribution in [1.29, 1.82) is 0 Å². The number of hydrogen-bond acceptors (Lipinski definition) is 11. The van der Waals surface area contributed by atoms with Crippen molar-refractivity contribution in [3.63, 3.8) is 0 Å². The molecule has 46 heavy (non-hydrogen) atoms. The SMILES string of the molecule is CCOC(=O)C1=c2s/c(=C\c3ccc(OC)c(OC)c3)c(=O)n2C(N)=C(S(=O)(=O)c2ccccc2)C1c1ccc(OC)c(OC)c1. The van der Waals surface area contributed by atoms with Gasteiger partial charge in [-0.2, -0.15) is 0 Å². The van der Waals surface area contributed by atoms with Crippen molar-refractivity contribution < 1.29 is 36.9 Å². The number of fused-ring (bicyclic) bond motifs is 1. The number of carbonyl (C=O) groups excluding carboxylic acids is 1. The maximum absolute atomic E-state index is 14.4. The first-order valence-electron chi connectivity index (χ1n) is 14.0. The van der Waals surface area contributed by atoms with E-state index < -0.39 is 27.3 Å². The molecule has 0 bridgehead atoms. The molecule has 11 nitrogen and oxygen atoms in total. The van der Waals surface area contributed by atoms with Gasteiger partial charge in [-0.1, -0.05) is 30.3 Å². The number of methoxy groups -OCH3 is 4. The summed E-state index contributed by atoms with van der Waals surface area (Å²) in [6, 6.07) is 17.6. The normalized spacial score (nSPS) is 14.9. The van der Waals surface area contributed by atoms with E-state index in [1.54, 1.807) is 67.6 Å². The second kappa shape index (κ2) is 13.2. The van der Waals surface area contributed by atoms with Gasteiger partial charge in [0.1, 0.15) is 15.4 Å².